The fraction of sp³-hybridized carbons (Fsp3) is 0.200. The third-order valence-electron chi connectivity index (χ3n) is 4.96. The van der Waals surface area contributed by atoms with Crippen molar-refractivity contribution in [1.29, 1.82) is 0 Å². The molecule has 158 valence electrons. The van der Waals surface area contributed by atoms with Gasteiger partial charge in [-0.15, -0.1) is 0 Å². The summed E-state index contributed by atoms with van der Waals surface area (Å²) >= 11 is 5.01. The molecular weight excluding hydrogens is 472 g/mol. The summed E-state index contributed by atoms with van der Waals surface area (Å²) < 4.78 is 7.83. The number of thiazole rings is 1. The normalized spacial score (nSPS) is 11.1. The molecule has 1 amide bonds. The van der Waals surface area contributed by atoms with Gasteiger partial charge in [0.1, 0.15) is 5.75 Å². The van der Waals surface area contributed by atoms with Crippen LogP contribution in [-0.2, 0) is 11.3 Å². The second-order valence-corrected chi connectivity index (χ2v) is 9.51. The van der Waals surface area contributed by atoms with Crippen molar-refractivity contribution in [2.75, 3.05) is 11.5 Å². The van der Waals surface area contributed by atoms with Gasteiger partial charge in [0.2, 0.25) is 0 Å². The van der Waals surface area contributed by atoms with Gasteiger partial charge in [-0.3, -0.25) is 9.69 Å². The number of amides is 1. The third kappa shape index (κ3) is 5.32. The Hall–Kier alpha value is -2.70. The van der Waals surface area contributed by atoms with Crippen LogP contribution in [0.4, 0.5) is 5.13 Å². The molecule has 0 saturated carbocycles. The first kappa shape index (κ1) is 21.5. The molecule has 0 spiro atoms. The van der Waals surface area contributed by atoms with Gasteiger partial charge < -0.3 is 4.74 Å². The largest absolute Gasteiger partial charge is 0.484 e. The van der Waals surface area contributed by atoms with Crippen molar-refractivity contribution in [1.82, 2.24) is 4.98 Å². The van der Waals surface area contributed by atoms with Crippen LogP contribution < -0.4 is 9.64 Å². The molecule has 4 rings (SSSR count). The van der Waals surface area contributed by atoms with Crippen molar-refractivity contribution >= 4 is 48.5 Å². The van der Waals surface area contributed by atoms with E-state index in [9.17, 15) is 4.79 Å². The highest BCUT2D eigenvalue weighted by Crippen LogP contribution is 2.32. The second kappa shape index (κ2) is 9.62. The molecule has 0 aliphatic carbocycles. The van der Waals surface area contributed by atoms with E-state index in [1.165, 1.54) is 16.9 Å². The highest BCUT2D eigenvalue weighted by molar-refractivity contribution is 9.10. The van der Waals surface area contributed by atoms with Crippen LogP contribution in [0.1, 0.15) is 30.9 Å². The summed E-state index contributed by atoms with van der Waals surface area (Å²) in [5, 5.41) is 0.667. The van der Waals surface area contributed by atoms with Crippen LogP contribution in [0.25, 0.3) is 10.2 Å². The Morgan fingerprint density at radius 1 is 1.06 bits per heavy atom. The van der Waals surface area contributed by atoms with E-state index in [4.69, 9.17) is 9.72 Å². The lowest BCUT2D eigenvalue weighted by Gasteiger charge is -2.20. The summed E-state index contributed by atoms with van der Waals surface area (Å²) in [4.78, 5) is 19.6. The Bertz CT molecular complexity index is 1170. The van der Waals surface area contributed by atoms with Gasteiger partial charge in [-0.05, 0) is 47.4 Å². The van der Waals surface area contributed by atoms with E-state index in [1.807, 2.05) is 72.8 Å². The Labute approximate surface area is 194 Å². The maximum atomic E-state index is 13.2. The fourth-order valence-electron chi connectivity index (χ4n) is 3.20. The highest BCUT2D eigenvalue weighted by atomic mass is 79.9. The molecule has 0 unspecified atom stereocenters. The maximum Gasteiger partial charge on any atom is 0.267 e. The van der Waals surface area contributed by atoms with Crippen molar-refractivity contribution in [3.05, 3.63) is 88.4 Å². The first-order valence-corrected chi connectivity index (χ1v) is 11.7. The number of aromatic nitrogens is 1. The topological polar surface area (TPSA) is 42.4 Å². The molecule has 0 N–H and O–H groups in total. The van der Waals surface area contributed by atoms with Gasteiger partial charge in [0.25, 0.3) is 5.91 Å². The average Bonchev–Trinajstić information content (AvgIpc) is 3.19. The summed E-state index contributed by atoms with van der Waals surface area (Å²) in [5.74, 6) is 1.01. The second-order valence-electron chi connectivity index (χ2n) is 7.59. The van der Waals surface area contributed by atoms with E-state index >= 15 is 0 Å². The van der Waals surface area contributed by atoms with Crippen LogP contribution >= 0.6 is 27.3 Å². The molecule has 0 aliphatic heterocycles. The number of halogens is 1. The summed E-state index contributed by atoms with van der Waals surface area (Å²) in [6.07, 6.45) is 0. The van der Waals surface area contributed by atoms with Crippen LogP contribution in [0.15, 0.2) is 77.3 Å². The molecule has 1 aromatic heterocycles. The molecule has 0 radical (unpaired) electrons. The number of hydrogen-bond donors (Lipinski definition) is 0. The molecule has 0 fully saturated rings. The van der Waals surface area contributed by atoms with Gasteiger partial charge in [-0.2, -0.15) is 0 Å². The molecule has 0 aliphatic rings. The molecule has 1 heterocycles. The van der Waals surface area contributed by atoms with Crippen LogP contribution in [0.5, 0.6) is 5.75 Å². The number of carbonyl (C=O) groups is 1. The van der Waals surface area contributed by atoms with Crippen molar-refractivity contribution in [3.63, 3.8) is 0 Å². The number of ether oxygens (including phenoxy) is 1. The van der Waals surface area contributed by atoms with Crippen molar-refractivity contribution in [2.24, 2.45) is 0 Å². The van der Waals surface area contributed by atoms with Gasteiger partial charge in [-0.1, -0.05) is 83.6 Å². The maximum absolute atomic E-state index is 13.2. The van der Waals surface area contributed by atoms with Gasteiger partial charge in [0, 0.05) is 4.47 Å². The van der Waals surface area contributed by atoms with E-state index in [1.54, 1.807) is 4.90 Å². The minimum atomic E-state index is -0.130. The molecule has 0 saturated heterocycles. The number of nitrogens with zero attached hydrogens (tertiary/aromatic N) is 2. The molecule has 4 aromatic rings. The fourth-order valence-corrected chi connectivity index (χ4v) is 4.74. The number of fused-ring (bicyclic) bond motifs is 1. The smallest absolute Gasteiger partial charge is 0.267 e. The van der Waals surface area contributed by atoms with Crippen molar-refractivity contribution in [3.8, 4) is 5.75 Å². The van der Waals surface area contributed by atoms with E-state index in [-0.39, 0.29) is 12.5 Å². The summed E-state index contributed by atoms with van der Waals surface area (Å²) in [7, 11) is 0. The third-order valence-corrected chi connectivity index (χ3v) is 6.50. The number of benzene rings is 3. The van der Waals surface area contributed by atoms with E-state index in [0.29, 0.717) is 23.3 Å². The first-order valence-electron chi connectivity index (χ1n) is 10.1. The summed E-state index contributed by atoms with van der Waals surface area (Å²) in [6.45, 7) is 4.69. The Balaban J connectivity index is 1.56. The molecule has 3 aromatic carbocycles. The summed E-state index contributed by atoms with van der Waals surface area (Å²) in [5.41, 5.74) is 3.15. The van der Waals surface area contributed by atoms with E-state index in [0.717, 1.165) is 20.3 Å². The molecule has 0 atom stereocenters. The minimum absolute atomic E-state index is 0.0481. The highest BCUT2D eigenvalue weighted by Gasteiger charge is 2.21. The molecule has 0 bridgehead atoms. The predicted molar refractivity (Wildman–Crippen MR) is 131 cm³/mol. The number of carbonyl (C=O) groups excluding carboxylic acids is 1. The Morgan fingerprint density at radius 3 is 2.52 bits per heavy atom. The van der Waals surface area contributed by atoms with Gasteiger partial charge in [0.05, 0.1) is 16.8 Å². The van der Waals surface area contributed by atoms with E-state index in [2.05, 4.69) is 29.8 Å². The minimum Gasteiger partial charge on any atom is -0.484 e. The molecular formula is C25H23BrN2O2S. The van der Waals surface area contributed by atoms with Crippen LogP contribution in [0.3, 0.4) is 0 Å². The zero-order chi connectivity index (χ0) is 21.8. The Kier molecular flexibility index (Phi) is 6.68. The lowest BCUT2D eigenvalue weighted by atomic mass is 10.0. The van der Waals surface area contributed by atoms with Crippen molar-refractivity contribution in [2.45, 2.75) is 26.3 Å². The average molecular weight is 495 g/mol. The lowest BCUT2D eigenvalue weighted by Crippen LogP contribution is -2.34. The number of rotatable bonds is 7. The van der Waals surface area contributed by atoms with Gasteiger partial charge >= 0.3 is 0 Å². The zero-order valence-electron chi connectivity index (χ0n) is 17.4. The Morgan fingerprint density at radius 2 is 1.81 bits per heavy atom. The first-order chi connectivity index (χ1) is 15.0. The number of anilines is 1. The molecule has 6 heteroatoms. The SMILES string of the molecule is CC(C)c1ccc(OCC(=O)N(Cc2ccccc2)c2nc3ccc(Br)cc3s2)cc1. The molecule has 4 nitrogen and oxygen atoms in total. The standard InChI is InChI=1S/C25H23BrN2O2S/c1-17(2)19-8-11-21(12-9-19)30-16-24(29)28(15-18-6-4-3-5-7-18)25-27-22-13-10-20(26)14-23(22)31-25/h3-14,17H,15-16H2,1-2H3. The lowest BCUT2D eigenvalue weighted by molar-refractivity contribution is -0.120. The van der Waals surface area contributed by atoms with Gasteiger partial charge in [0.15, 0.2) is 11.7 Å². The summed E-state index contributed by atoms with van der Waals surface area (Å²) in [6, 6.07) is 23.8. The predicted octanol–water partition coefficient (Wildman–Crippen LogP) is 6.79. The quantitative estimate of drug-likeness (QED) is 0.283. The van der Waals surface area contributed by atoms with Gasteiger partial charge in [-0.25, -0.2) is 4.98 Å². The van der Waals surface area contributed by atoms with Crippen LogP contribution in [-0.4, -0.2) is 17.5 Å². The van der Waals surface area contributed by atoms with Crippen LogP contribution in [0, 0.1) is 0 Å². The zero-order valence-corrected chi connectivity index (χ0v) is 19.8. The number of hydrogen-bond acceptors (Lipinski definition) is 4. The van der Waals surface area contributed by atoms with Crippen LogP contribution in [0.2, 0.25) is 0 Å². The monoisotopic (exact) mass is 494 g/mol. The molecule has 31 heavy (non-hydrogen) atoms. The van der Waals surface area contributed by atoms with Crippen molar-refractivity contribution < 1.29 is 9.53 Å². The van der Waals surface area contributed by atoms with E-state index < -0.39 is 0 Å².